The van der Waals surface area contributed by atoms with Crippen LogP contribution in [-0.4, -0.2) is 23.4 Å². The van der Waals surface area contributed by atoms with Crippen molar-refractivity contribution in [1.82, 2.24) is 4.57 Å². The molecule has 6 heteroatoms. The summed E-state index contributed by atoms with van der Waals surface area (Å²) in [7, 11) is 1.52. The number of benzene rings is 2. The molecule has 1 atom stereocenters. The zero-order valence-electron chi connectivity index (χ0n) is 16.7. The van der Waals surface area contributed by atoms with Gasteiger partial charge in [0, 0.05) is 41.0 Å². The molecule has 0 fully saturated rings. The minimum atomic E-state index is -1.44. The predicted molar refractivity (Wildman–Crippen MR) is 112 cm³/mol. The maximum atomic E-state index is 13.1. The molecule has 0 saturated heterocycles. The largest absolute Gasteiger partial charge is 0.497 e. The molecule has 0 aliphatic carbocycles. The van der Waals surface area contributed by atoms with Crippen LogP contribution in [0.1, 0.15) is 24.2 Å². The molecule has 1 heterocycles. The SMILES string of the molecule is COc1cccc(NC(=O)C(C#N)C(=O)c2cn(CC(C)C)c3ccccc23)c1. The van der Waals surface area contributed by atoms with E-state index < -0.39 is 17.6 Å². The monoisotopic (exact) mass is 389 g/mol. The number of carbonyl (C=O) groups excluding carboxylic acids is 2. The Balaban J connectivity index is 1.91. The summed E-state index contributed by atoms with van der Waals surface area (Å²) in [4.78, 5) is 25.8. The van der Waals surface area contributed by atoms with Crippen LogP contribution in [0.25, 0.3) is 10.9 Å². The molecular weight excluding hydrogens is 366 g/mol. The zero-order valence-corrected chi connectivity index (χ0v) is 16.7. The smallest absolute Gasteiger partial charge is 0.249 e. The topological polar surface area (TPSA) is 84.1 Å². The van der Waals surface area contributed by atoms with Gasteiger partial charge in [-0.3, -0.25) is 9.59 Å². The number of nitrogens with zero attached hydrogens (tertiary/aromatic N) is 2. The first-order chi connectivity index (χ1) is 13.9. The Kier molecular flexibility index (Phi) is 5.99. The Bertz CT molecular complexity index is 1090. The summed E-state index contributed by atoms with van der Waals surface area (Å²) in [6, 6.07) is 16.2. The van der Waals surface area contributed by atoms with E-state index in [1.807, 2.05) is 34.9 Å². The lowest BCUT2D eigenvalue weighted by atomic mass is 9.97. The zero-order chi connectivity index (χ0) is 21.0. The molecule has 1 amide bonds. The van der Waals surface area contributed by atoms with Crippen molar-refractivity contribution in [3.8, 4) is 11.8 Å². The van der Waals surface area contributed by atoms with E-state index in [0.29, 0.717) is 22.9 Å². The second kappa shape index (κ2) is 8.61. The van der Waals surface area contributed by atoms with Gasteiger partial charge in [-0.1, -0.05) is 38.1 Å². The number of anilines is 1. The standard InChI is InChI=1S/C23H23N3O3/c1-15(2)13-26-14-20(18-9-4-5-10-21(18)26)22(27)19(12-24)23(28)25-16-7-6-8-17(11-16)29-3/h4-11,14-15,19H,13H2,1-3H3,(H,25,28). The average molecular weight is 389 g/mol. The number of carbonyl (C=O) groups is 2. The molecule has 0 saturated carbocycles. The van der Waals surface area contributed by atoms with Crippen molar-refractivity contribution in [2.24, 2.45) is 11.8 Å². The molecule has 0 spiro atoms. The second-order valence-corrected chi connectivity index (χ2v) is 7.25. The third kappa shape index (κ3) is 4.30. The molecule has 0 radical (unpaired) electrons. The number of ether oxygens (including phenoxy) is 1. The van der Waals surface area contributed by atoms with Crippen LogP contribution >= 0.6 is 0 Å². The van der Waals surface area contributed by atoms with Crippen LogP contribution in [0.2, 0.25) is 0 Å². The Morgan fingerprint density at radius 1 is 1.17 bits per heavy atom. The number of hydrogen-bond donors (Lipinski definition) is 1. The summed E-state index contributed by atoms with van der Waals surface area (Å²) in [6.45, 7) is 4.92. The molecule has 0 aliphatic heterocycles. The highest BCUT2D eigenvalue weighted by molar-refractivity contribution is 6.19. The Morgan fingerprint density at radius 2 is 1.93 bits per heavy atom. The van der Waals surface area contributed by atoms with Gasteiger partial charge in [0.25, 0.3) is 0 Å². The maximum Gasteiger partial charge on any atom is 0.249 e. The highest BCUT2D eigenvalue weighted by Crippen LogP contribution is 2.25. The first kappa shape index (κ1) is 20.2. The Morgan fingerprint density at radius 3 is 2.62 bits per heavy atom. The van der Waals surface area contributed by atoms with Crippen LogP contribution < -0.4 is 10.1 Å². The first-order valence-corrected chi connectivity index (χ1v) is 9.41. The van der Waals surface area contributed by atoms with Crippen molar-refractivity contribution in [2.75, 3.05) is 12.4 Å². The Hall–Kier alpha value is -3.59. The van der Waals surface area contributed by atoms with E-state index in [-0.39, 0.29) is 0 Å². The van der Waals surface area contributed by atoms with Gasteiger partial charge >= 0.3 is 0 Å². The molecule has 0 bridgehead atoms. The number of methoxy groups -OCH3 is 1. The van der Waals surface area contributed by atoms with Gasteiger partial charge in [0.2, 0.25) is 5.91 Å². The van der Waals surface area contributed by atoms with E-state index in [9.17, 15) is 14.9 Å². The summed E-state index contributed by atoms with van der Waals surface area (Å²) in [5, 5.41) is 12.9. The summed E-state index contributed by atoms with van der Waals surface area (Å²) in [6.07, 6.45) is 1.75. The summed E-state index contributed by atoms with van der Waals surface area (Å²) in [5.41, 5.74) is 1.76. The number of hydrogen-bond acceptors (Lipinski definition) is 4. The fourth-order valence-corrected chi connectivity index (χ4v) is 3.29. The number of para-hydroxylation sites is 1. The third-order valence-corrected chi connectivity index (χ3v) is 4.61. The molecular formula is C23H23N3O3. The van der Waals surface area contributed by atoms with Gasteiger partial charge in [0.15, 0.2) is 11.7 Å². The van der Waals surface area contributed by atoms with Crippen LogP contribution in [0.15, 0.2) is 54.7 Å². The summed E-state index contributed by atoms with van der Waals surface area (Å²) < 4.78 is 7.14. The number of nitrogens with one attached hydrogen (secondary N) is 1. The lowest BCUT2D eigenvalue weighted by Crippen LogP contribution is -2.28. The average Bonchev–Trinajstić information content (AvgIpc) is 3.06. The minimum Gasteiger partial charge on any atom is -0.497 e. The van der Waals surface area contributed by atoms with Crippen LogP contribution in [0.3, 0.4) is 0 Å². The van der Waals surface area contributed by atoms with Crippen molar-refractivity contribution in [2.45, 2.75) is 20.4 Å². The summed E-state index contributed by atoms with van der Waals surface area (Å²) >= 11 is 0. The molecule has 3 aromatic rings. The predicted octanol–water partition coefficient (Wildman–Crippen LogP) is 4.27. The molecule has 3 rings (SSSR count). The van der Waals surface area contributed by atoms with Crippen molar-refractivity contribution in [3.63, 3.8) is 0 Å². The number of fused-ring (bicyclic) bond motifs is 1. The van der Waals surface area contributed by atoms with E-state index in [1.165, 1.54) is 7.11 Å². The lowest BCUT2D eigenvalue weighted by molar-refractivity contribution is -0.117. The van der Waals surface area contributed by atoms with Crippen LogP contribution in [0.5, 0.6) is 5.75 Å². The second-order valence-electron chi connectivity index (χ2n) is 7.25. The number of rotatable bonds is 7. The number of nitriles is 1. The maximum absolute atomic E-state index is 13.1. The summed E-state index contributed by atoms with van der Waals surface area (Å²) in [5.74, 6) is -1.66. The van der Waals surface area contributed by atoms with Crippen LogP contribution in [0.4, 0.5) is 5.69 Å². The van der Waals surface area contributed by atoms with Crippen molar-refractivity contribution >= 4 is 28.3 Å². The normalized spacial score (nSPS) is 11.8. The molecule has 1 unspecified atom stereocenters. The van der Waals surface area contributed by atoms with E-state index >= 15 is 0 Å². The molecule has 0 aliphatic rings. The van der Waals surface area contributed by atoms with Gasteiger partial charge in [0.05, 0.1) is 13.2 Å². The van der Waals surface area contributed by atoms with E-state index in [4.69, 9.17) is 4.74 Å². The van der Waals surface area contributed by atoms with Crippen molar-refractivity contribution in [3.05, 3.63) is 60.3 Å². The van der Waals surface area contributed by atoms with E-state index in [0.717, 1.165) is 17.4 Å². The highest BCUT2D eigenvalue weighted by atomic mass is 16.5. The van der Waals surface area contributed by atoms with Crippen molar-refractivity contribution in [1.29, 1.82) is 5.26 Å². The fourth-order valence-electron chi connectivity index (χ4n) is 3.29. The molecule has 29 heavy (non-hydrogen) atoms. The number of aromatic nitrogens is 1. The third-order valence-electron chi connectivity index (χ3n) is 4.61. The molecule has 1 aromatic heterocycles. The quantitative estimate of drug-likeness (QED) is 0.483. The first-order valence-electron chi connectivity index (χ1n) is 9.41. The van der Waals surface area contributed by atoms with Gasteiger partial charge in [-0.15, -0.1) is 0 Å². The van der Waals surface area contributed by atoms with Crippen LogP contribution in [-0.2, 0) is 11.3 Å². The number of Topliss-reactive ketones (excluding diaryl/α,β-unsaturated/α-hetero) is 1. The van der Waals surface area contributed by atoms with Gasteiger partial charge in [0.1, 0.15) is 5.75 Å². The van der Waals surface area contributed by atoms with Gasteiger partial charge in [-0.25, -0.2) is 0 Å². The van der Waals surface area contributed by atoms with E-state index in [2.05, 4.69) is 19.2 Å². The molecule has 6 nitrogen and oxygen atoms in total. The number of amides is 1. The molecule has 1 N–H and O–H groups in total. The Labute approximate surface area is 169 Å². The number of ketones is 1. The van der Waals surface area contributed by atoms with Gasteiger partial charge in [-0.05, 0) is 24.1 Å². The fraction of sp³-hybridized carbons (Fsp3) is 0.261. The van der Waals surface area contributed by atoms with Crippen LogP contribution in [0, 0.1) is 23.2 Å². The van der Waals surface area contributed by atoms with Gasteiger partial charge < -0.3 is 14.6 Å². The highest BCUT2D eigenvalue weighted by Gasteiger charge is 2.30. The van der Waals surface area contributed by atoms with Crippen molar-refractivity contribution < 1.29 is 14.3 Å². The van der Waals surface area contributed by atoms with Gasteiger partial charge in [-0.2, -0.15) is 5.26 Å². The van der Waals surface area contributed by atoms with E-state index in [1.54, 1.807) is 30.5 Å². The lowest BCUT2D eigenvalue weighted by Gasteiger charge is -2.10. The molecule has 2 aromatic carbocycles. The molecule has 148 valence electrons. The minimum absolute atomic E-state index is 0.383.